The number of carbonyl (C=O) groups excluding carboxylic acids is 1. The first-order chi connectivity index (χ1) is 13.7. The summed E-state index contributed by atoms with van der Waals surface area (Å²) < 4.78 is 1.49. The number of aromatic nitrogens is 5. The molecule has 1 amide bonds. The van der Waals surface area contributed by atoms with Gasteiger partial charge in [0.25, 0.3) is 11.5 Å². The molecule has 3 aromatic heterocycles. The van der Waals surface area contributed by atoms with E-state index in [0.29, 0.717) is 31.2 Å². The Balaban J connectivity index is 1.23. The van der Waals surface area contributed by atoms with E-state index >= 15 is 0 Å². The number of H-pyrrole nitrogens is 1. The third kappa shape index (κ3) is 3.21. The van der Waals surface area contributed by atoms with E-state index in [1.54, 1.807) is 23.4 Å². The fraction of sp³-hybridized carbons (Fsp3) is 0.350. The second-order valence-corrected chi connectivity index (χ2v) is 7.53. The van der Waals surface area contributed by atoms with Gasteiger partial charge in [0.2, 0.25) is 0 Å². The molecule has 1 saturated heterocycles. The Labute approximate surface area is 161 Å². The zero-order valence-corrected chi connectivity index (χ0v) is 15.3. The van der Waals surface area contributed by atoms with Gasteiger partial charge in [0.15, 0.2) is 0 Å². The molecule has 8 heteroatoms. The molecule has 0 spiro atoms. The van der Waals surface area contributed by atoms with E-state index in [4.69, 9.17) is 0 Å². The number of aromatic amines is 1. The zero-order chi connectivity index (χ0) is 19.1. The molecule has 1 saturated carbocycles. The molecule has 0 aromatic carbocycles. The van der Waals surface area contributed by atoms with E-state index < -0.39 is 0 Å². The normalized spacial score (nSPS) is 16.8. The summed E-state index contributed by atoms with van der Waals surface area (Å²) in [6.07, 6.45) is 5.74. The number of likely N-dealkylation sites (tertiary alicyclic amines) is 1. The van der Waals surface area contributed by atoms with Gasteiger partial charge in [-0.05, 0) is 37.1 Å². The molecule has 4 heterocycles. The quantitative estimate of drug-likeness (QED) is 0.731. The molecule has 0 atom stereocenters. The van der Waals surface area contributed by atoms with Gasteiger partial charge in [-0.25, -0.2) is 4.68 Å². The number of rotatable bonds is 5. The smallest absolute Gasteiger partial charge is 0.274 e. The second kappa shape index (κ2) is 6.70. The molecule has 5 rings (SSSR count). The fourth-order valence-electron chi connectivity index (χ4n) is 3.56. The largest absolute Gasteiger partial charge is 0.336 e. The summed E-state index contributed by atoms with van der Waals surface area (Å²) >= 11 is 0. The molecule has 28 heavy (non-hydrogen) atoms. The van der Waals surface area contributed by atoms with Crippen LogP contribution in [-0.2, 0) is 6.54 Å². The first kappa shape index (κ1) is 16.9. The Morgan fingerprint density at radius 3 is 2.68 bits per heavy atom. The van der Waals surface area contributed by atoms with Crippen molar-refractivity contribution in [1.82, 2.24) is 29.9 Å². The van der Waals surface area contributed by atoms with Crippen molar-refractivity contribution in [2.45, 2.75) is 25.3 Å². The highest BCUT2D eigenvalue weighted by Gasteiger charge is 2.34. The predicted octanol–water partition coefficient (Wildman–Crippen LogP) is 1.68. The summed E-state index contributed by atoms with van der Waals surface area (Å²) in [5, 5.41) is 11.6. The molecule has 3 aromatic rings. The lowest BCUT2D eigenvalue weighted by Gasteiger charge is -2.38. The van der Waals surface area contributed by atoms with Crippen molar-refractivity contribution in [3.05, 3.63) is 64.5 Å². The lowest BCUT2D eigenvalue weighted by molar-refractivity contribution is 0.0452. The van der Waals surface area contributed by atoms with E-state index in [-0.39, 0.29) is 17.4 Å². The van der Waals surface area contributed by atoms with Gasteiger partial charge in [-0.15, -0.1) is 0 Å². The molecule has 0 unspecified atom stereocenters. The second-order valence-electron chi connectivity index (χ2n) is 7.53. The van der Waals surface area contributed by atoms with Crippen LogP contribution in [0.25, 0.3) is 11.3 Å². The molecule has 8 nitrogen and oxygen atoms in total. The van der Waals surface area contributed by atoms with Crippen LogP contribution >= 0.6 is 0 Å². The van der Waals surface area contributed by atoms with Crippen LogP contribution < -0.4 is 5.56 Å². The minimum atomic E-state index is -0.135. The molecule has 1 aliphatic carbocycles. The number of nitrogens with one attached hydrogen (secondary N) is 1. The van der Waals surface area contributed by atoms with Crippen LogP contribution in [0, 0.1) is 5.92 Å². The van der Waals surface area contributed by atoms with Crippen molar-refractivity contribution in [3.8, 4) is 11.3 Å². The SMILES string of the molecule is O=C(c1cc(C2CC2)[nH]n1)N1CC(Cn2nc(-c3ccncc3)ccc2=O)C1. The van der Waals surface area contributed by atoms with Crippen molar-refractivity contribution in [2.75, 3.05) is 13.1 Å². The van der Waals surface area contributed by atoms with Crippen molar-refractivity contribution in [3.63, 3.8) is 0 Å². The van der Waals surface area contributed by atoms with Crippen molar-refractivity contribution in [2.24, 2.45) is 5.92 Å². The zero-order valence-electron chi connectivity index (χ0n) is 15.3. The maximum atomic E-state index is 12.5. The van der Waals surface area contributed by atoms with Crippen LogP contribution in [0.2, 0.25) is 0 Å². The van der Waals surface area contributed by atoms with Crippen molar-refractivity contribution in [1.29, 1.82) is 0 Å². The first-order valence-electron chi connectivity index (χ1n) is 9.50. The number of carbonyl (C=O) groups is 1. The van der Waals surface area contributed by atoms with Crippen molar-refractivity contribution < 1.29 is 4.79 Å². The molecule has 2 aliphatic rings. The summed E-state index contributed by atoms with van der Waals surface area (Å²) in [5.41, 5.74) is 3.06. The van der Waals surface area contributed by atoms with Gasteiger partial charge < -0.3 is 4.90 Å². The summed E-state index contributed by atoms with van der Waals surface area (Å²) in [7, 11) is 0. The maximum absolute atomic E-state index is 12.5. The van der Waals surface area contributed by atoms with E-state index in [9.17, 15) is 9.59 Å². The number of amides is 1. The topological polar surface area (TPSA) is 96.8 Å². The Kier molecular flexibility index (Phi) is 4.03. The average molecular weight is 376 g/mol. The molecule has 1 N–H and O–H groups in total. The summed E-state index contributed by atoms with van der Waals surface area (Å²) in [4.78, 5) is 30.5. The van der Waals surface area contributed by atoms with Crippen LogP contribution in [0.5, 0.6) is 0 Å². The Hall–Kier alpha value is -3.29. The van der Waals surface area contributed by atoms with Gasteiger partial charge in [-0.2, -0.15) is 10.2 Å². The third-order valence-corrected chi connectivity index (χ3v) is 5.35. The van der Waals surface area contributed by atoms with E-state index in [1.165, 1.54) is 23.6 Å². The predicted molar refractivity (Wildman–Crippen MR) is 102 cm³/mol. The number of hydrogen-bond acceptors (Lipinski definition) is 5. The molecular weight excluding hydrogens is 356 g/mol. The minimum absolute atomic E-state index is 0.0507. The lowest BCUT2D eigenvalue weighted by Crippen LogP contribution is -2.52. The molecule has 1 aliphatic heterocycles. The molecule has 0 bridgehead atoms. The molecule has 142 valence electrons. The number of hydrogen-bond donors (Lipinski definition) is 1. The van der Waals surface area contributed by atoms with Crippen LogP contribution in [0.4, 0.5) is 0 Å². The summed E-state index contributed by atoms with van der Waals surface area (Å²) in [6.45, 7) is 1.71. The third-order valence-electron chi connectivity index (χ3n) is 5.35. The van der Waals surface area contributed by atoms with Crippen molar-refractivity contribution >= 4 is 5.91 Å². The standard InChI is InChI=1S/C20H20N6O2/c27-19-4-3-16(15-5-7-21-8-6-15)24-26(19)12-13-10-25(11-13)20(28)18-9-17(22-23-18)14-1-2-14/h3-9,13-14H,1-2,10-12H2,(H,22,23). The Morgan fingerprint density at radius 2 is 1.93 bits per heavy atom. The Bertz CT molecular complexity index is 1060. The highest BCUT2D eigenvalue weighted by atomic mass is 16.2. The Morgan fingerprint density at radius 1 is 1.14 bits per heavy atom. The lowest BCUT2D eigenvalue weighted by atomic mass is 9.99. The minimum Gasteiger partial charge on any atom is -0.336 e. The van der Waals surface area contributed by atoms with Crippen LogP contribution in [-0.4, -0.2) is 48.9 Å². The molecular formula is C20H20N6O2. The average Bonchev–Trinajstić information content (AvgIpc) is 3.42. The van der Waals surface area contributed by atoms with Crippen LogP contribution in [0.3, 0.4) is 0 Å². The van der Waals surface area contributed by atoms with Crippen LogP contribution in [0.15, 0.2) is 47.5 Å². The van der Waals surface area contributed by atoms with Gasteiger partial charge in [0, 0.05) is 54.6 Å². The van der Waals surface area contributed by atoms with Gasteiger partial charge >= 0.3 is 0 Å². The summed E-state index contributed by atoms with van der Waals surface area (Å²) in [6, 6.07) is 8.85. The van der Waals surface area contributed by atoms with Gasteiger partial charge in [0.05, 0.1) is 12.2 Å². The van der Waals surface area contributed by atoms with Gasteiger partial charge in [-0.1, -0.05) is 0 Å². The van der Waals surface area contributed by atoms with Crippen LogP contribution in [0.1, 0.15) is 34.9 Å². The number of nitrogens with zero attached hydrogens (tertiary/aromatic N) is 5. The monoisotopic (exact) mass is 376 g/mol. The fourth-order valence-corrected chi connectivity index (χ4v) is 3.56. The first-order valence-corrected chi connectivity index (χ1v) is 9.50. The highest BCUT2D eigenvalue weighted by Crippen LogP contribution is 2.39. The summed E-state index contributed by atoms with van der Waals surface area (Å²) in [5.74, 6) is 0.706. The van der Waals surface area contributed by atoms with Gasteiger partial charge in [0.1, 0.15) is 5.69 Å². The molecule has 2 fully saturated rings. The van der Waals surface area contributed by atoms with E-state index in [2.05, 4.69) is 20.3 Å². The highest BCUT2D eigenvalue weighted by molar-refractivity contribution is 5.93. The van der Waals surface area contributed by atoms with E-state index in [0.717, 1.165) is 17.0 Å². The molecule has 0 radical (unpaired) electrons. The van der Waals surface area contributed by atoms with E-state index in [1.807, 2.05) is 18.2 Å². The maximum Gasteiger partial charge on any atom is 0.274 e. The number of pyridine rings is 1. The van der Waals surface area contributed by atoms with Gasteiger partial charge in [-0.3, -0.25) is 19.7 Å².